The van der Waals surface area contributed by atoms with Crippen LogP contribution < -0.4 is 10.6 Å². The van der Waals surface area contributed by atoms with Crippen LogP contribution in [0, 0.1) is 0 Å². The number of rotatable bonds is 2. The Morgan fingerprint density at radius 3 is 1.65 bits per heavy atom. The van der Waals surface area contributed by atoms with Crippen molar-refractivity contribution >= 4 is 38.3 Å². The summed E-state index contributed by atoms with van der Waals surface area (Å²) in [5, 5.41) is 6.54. The molecule has 1 aromatic rings. The van der Waals surface area contributed by atoms with Crippen LogP contribution in [0.4, 0.5) is 0 Å². The average molecular weight is 390 g/mol. The molecule has 6 heteroatoms. The first-order valence-corrected chi connectivity index (χ1v) is 12.7. The van der Waals surface area contributed by atoms with Gasteiger partial charge in [-0.3, -0.25) is 9.59 Å². The van der Waals surface area contributed by atoms with Gasteiger partial charge in [-0.2, -0.15) is 0 Å². The van der Waals surface area contributed by atoms with E-state index in [1.807, 2.05) is 0 Å². The summed E-state index contributed by atoms with van der Waals surface area (Å²) in [6.45, 7) is 9.09. The highest BCUT2D eigenvalue weighted by atomic mass is 31.1. The van der Waals surface area contributed by atoms with Crippen LogP contribution in [-0.4, -0.2) is 44.7 Å². The van der Waals surface area contributed by atoms with Crippen molar-refractivity contribution in [2.24, 2.45) is 0 Å². The van der Waals surface area contributed by atoms with Crippen molar-refractivity contribution in [2.75, 3.05) is 0 Å². The van der Waals surface area contributed by atoms with Gasteiger partial charge in [0.1, 0.15) is 0 Å². The third kappa shape index (κ3) is 2.72. The van der Waals surface area contributed by atoms with Gasteiger partial charge in [-0.25, -0.2) is 10.0 Å². The molecule has 3 aliphatic rings. The first kappa shape index (κ1) is 18.4. The molecule has 0 N–H and O–H groups in total. The van der Waals surface area contributed by atoms with Crippen LogP contribution >= 0.6 is 15.8 Å². The van der Waals surface area contributed by atoms with Crippen molar-refractivity contribution in [3.8, 4) is 0 Å². The van der Waals surface area contributed by atoms with Crippen LogP contribution in [0.3, 0.4) is 0 Å². The van der Waals surface area contributed by atoms with Crippen molar-refractivity contribution in [1.29, 1.82) is 0 Å². The molecule has 3 saturated heterocycles. The number of benzene rings is 1. The Kier molecular flexibility index (Phi) is 4.86. The van der Waals surface area contributed by atoms with Gasteiger partial charge in [-0.15, -0.1) is 0 Å². The summed E-state index contributed by atoms with van der Waals surface area (Å²) in [4.78, 5) is 25.1. The van der Waals surface area contributed by atoms with Crippen LogP contribution in [0.2, 0.25) is 0 Å². The second kappa shape index (κ2) is 6.88. The summed E-state index contributed by atoms with van der Waals surface area (Å²) < 4.78 is 0. The Hall–Kier alpha value is -0.980. The van der Waals surface area contributed by atoms with Gasteiger partial charge in [0.15, 0.2) is 0 Å². The topological polar surface area (TPSA) is 40.6 Å². The molecule has 3 heterocycles. The van der Waals surface area contributed by atoms with E-state index in [1.54, 1.807) is 10.0 Å². The van der Waals surface area contributed by atoms with Crippen LogP contribution in [-0.2, 0) is 9.59 Å². The predicted octanol–water partition coefficient (Wildman–Crippen LogP) is 3.54. The molecule has 0 aliphatic carbocycles. The second-order valence-electron chi connectivity index (χ2n) is 7.82. The maximum atomic E-state index is 12.5. The number of hydrogen-bond donors (Lipinski definition) is 0. The zero-order valence-corrected chi connectivity index (χ0v) is 17.8. The molecule has 26 heavy (non-hydrogen) atoms. The highest BCUT2D eigenvalue weighted by Crippen LogP contribution is 2.59. The molecular weight excluding hydrogens is 362 g/mol. The van der Waals surface area contributed by atoms with Gasteiger partial charge in [-0.05, 0) is 56.5 Å². The van der Waals surface area contributed by atoms with E-state index in [1.165, 1.54) is 23.5 Å². The molecule has 0 spiro atoms. The minimum absolute atomic E-state index is 0.0983. The Morgan fingerprint density at radius 2 is 1.19 bits per heavy atom. The average Bonchev–Trinajstić information content (AvgIpc) is 3.08. The molecule has 4 nitrogen and oxygen atoms in total. The largest absolute Gasteiger partial charge is 0.273 e. The molecule has 4 rings (SSSR count). The summed E-state index contributed by atoms with van der Waals surface area (Å²) in [5.41, 5.74) is 1.52. The second-order valence-corrected chi connectivity index (χ2v) is 13.7. The Balaban J connectivity index is 1.76. The zero-order valence-electron chi connectivity index (χ0n) is 16.1. The number of nitrogens with zero attached hydrogens (tertiary/aromatic N) is 2. The van der Waals surface area contributed by atoms with E-state index in [0.29, 0.717) is 12.8 Å². The first-order valence-electron chi connectivity index (χ1n) is 9.71. The summed E-state index contributed by atoms with van der Waals surface area (Å²) in [6.07, 6.45) is 3.36. The van der Waals surface area contributed by atoms with Crippen molar-refractivity contribution in [3.63, 3.8) is 0 Å². The Labute approximate surface area is 158 Å². The van der Waals surface area contributed by atoms with Crippen LogP contribution in [0.15, 0.2) is 24.3 Å². The van der Waals surface area contributed by atoms with Crippen LogP contribution in [0.1, 0.15) is 53.4 Å². The summed E-state index contributed by atoms with van der Waals surface area (Å²) >= 11 is 0. The first-order chi connectivity index (χ1) is 12.4. The van der Waals surface area contributed by atoms with Gasteiger partial charge in [0.05, 0.1) is 11.6 Å². The van der Waals surface area contributed by atoms with Crippen molar-refractivity contribution < 1.29 is 9.59 Å². The fourth-order valence-corrected chi connectivity index (χ4v) is 11.9. The standard InChI is InChI=1S/C20H28N2O2P2/c1-13-9-10-14(2)25(13)17-7-5-6-8-18(17)26-15(3)21-19(23)11-12-20(24)22(21)16(26)4/h5-8,13-16H,9-12H2,1-4H3/t13-,14-,15-,16-/m1/s1. The van der Waals surface area contributed by atoms with Gasteiger partial charge in [-0.1, -0.05) is 46.0 Å². The van der Waals surface area contributed by atoms with Crippen molar-refractivity contribution in [2.45, 2.75) is 76.3 Å². The molecule has 0 bridgehead atoms. The van der Waals surface area contributed by atoms with Gasteiger partial charge in [0.2, 0.25) is 11.8 Å². The molecule has 3 fully saturated rings. The molecule has 4 atom stereocenters. The normalized spacial score (nSPS) is 33.2. The fourth-order valence-electron chi connectivity index (χ4n) is 4.98. The van der Waals surface area contributed by atoms with Crippen LogP contribution in [0.5, 0.6) is 0 Å². The molecular formula is C20H28N2O2P2. The number of hydrogen-bond acceptors (Lipinski definition) is 2. The third-order valence-electron chi connectivity index (χ3n) is 6.20. The van der Waals surface area contributed by atoms with Crippen molar-refractivity contribution in [3.05, 3.63) is 24.3 Å². The summed E-state index contributed by atoms with van der Waals surface area (Å²) in [7, 11) is -0.787. The summed E-state index contributed by atoms with van der Waals surface area (Å²) in [5.74, 6) is 0.418. The number of amides is 2. The van der Waals surface area contributed by atoms with E-state index >= 15 is 0 Å². The summed E-state index contributed by atoms with van der Waals surface area (Å²) in [6, 6.07) is 8.92. The van der Waals surface area contributed by atoms with E-state index in [2.05, 4.69) is 52.0 Å². The quantitative estimate of drug-likeness (QED) is 0.725. The minimum Gasteiger partial charge on any atom is -0.273 e. The maximum absolute atomic E-state index is 12.5. The van der Waals surface area contributed by atoms with Gasteiger partial charge in [0, 0.05) is 12.8 Å². The molecule has 1 aromatic carbocycles. The monoisotopic (exact) mass is 390 g/mol. The van der Waals surface area contributed by atoms with E-state index < -0.39 is 7.92 Å². The lowest BCUT2D eigenvalue weighted by Gasteiger charge is -2.35. The van der Waals surface area contributed by atoms with Gasteiger partial charge in [0.25, 0.3) is 0 Å². The molecule has 0 aromatic heterocycles. The van der Waals surface area contributed by atoms with E-state index in [-0.39, 0.29) is 31.3 Å². The number of fused-ring (bicyclic) bond motifs is 1. The maximum Gasteiger partial charge on any atom is 0.242 e. The highest BCUT2D eigenvalue weighted by molar-refractivity contribution is 7.73. The van der Waals surface area contributed by atoms with E-state index in [9.17, 15) is 9.59 Å². The fraction of sp³-hybridized carbons (Fsp3) is 0.600. The molecule has 2 amide bonds. The Bertz CT molecular complexity index is 702. The lowest BCUT2D eigenvalue weighted by atomic mass is 10.2. The zero-order chi connectivity index (χ0) is 18.6. The van der Waals surface area contributed by atoms with Crippen LogP contribution in [0.25, 0.3) is 0 Å². The number of carbonyl (C=O) groups is 2. The smallest absolute Gasteiger partial charge is 0.242 e. The molecule has 0 unspecified atom stereocenters. The molecule has 0 saturated carbocycles. The van der Waals surface area contributed by atoms with Gasteiger partial charge < -0.3 is 0 Å². The van der Waals surface area contributed by atoms with E-state index in [0.717, 1.165) is 11.3 Å². The SMILES string of the molecule is C[C@@H]1CC[C@@H](C)P1c1ccccc1P1[C@H](C)N2C(=O)CCC(=O)N2[C@H]1C. The van der Waals surface area contributed by atoms with E-state index in [4.69, 9.17) is 0 Å². The molecule has 140 valence electrons. The van der Waals surface area contributed by atoms with Crippen molar-refractivity contribution in [1.82, 2.24) is 10.0 Å². The predicted molar refractivity (Wildman–Crippen MR) is 110 cm³/mol. The Morgan fingerprint density at radius 1 is 0.769 bits per heavy atom. The van der Waals surface area contributed by atoms with Gasteiger partial charge >= 0.3 is 0 Å². The lowest BCUT2D eigenvalue weighted by molar-refractivity contribution is -0.170. The molecule has 3 aliphatic heterocycles. The molecule has 0 radical (unpaired) electrons. The highest BCUT2D eigenvalue weighted by Gasteiger charge is 2.51. The minimum atomic E-state index is -0.615. The number of carbonyl (C=O) groups excluding carboxylic acids is 2. The number of hydrazine groups is 1. The lowest BCUT2D eigenvalue weighted by Crippen LogP contribution is -2.53. The third-order valence-corrected chi connectivity index (χ3v) is 12.7.